The molecule has 0 radical (unpaired) electrons. The number of hydrogen-bond donors (Lipinski definition) is 1. The summed E-state index contributed by atoms with van der Waals surface area (Å²) < 4.78 is 23.5. The van der Waals surface area contributed by atoms with E-state index in [2.05, 4.69) is 0 Å². The molecular weight excluding hydrogens is 262 g/mol. The third kappa shape index (κ3) is 3.14. The van der Waals surface area contributed by atoms with E-state index in [0.717, 1.165) is 25.1 Å². The van der Waals surface area contributed by atoms with Gasteiger partial charge in [0.15, 0.2) is 0 Å². The lowest BCUT2D eigenvalue weighted by molar-refractivity contribution is -0.385. The highest BCUT2D eigenvalue weighted by atomic mass is 32.2. The third-order valence-corrected chi connectivity index (χ3v) is 3.60. The lowest BCUT2D eigenvalue weighted by Gasteiger charge is -2.00. The molecule has 1 N–H and O–H groups in total. The Morgan fingerprint density at radius 3 is 2.56 bits per heavy atom. The molecule has 0 unspecified atom stereocenters. The second-order valence-corrected chi connectivity index (χ2v) is 5.20. The van der Waals surface area contributed by atoms with Gasteiger partial charge in [-0.25, -0.2) is 13.2 Å². The summed E-state index contributed by atoms with van der Waals surface area (Å²) in [5.74, 6) is -1.37. The van der Waals surface area contributed by atoms with Crippen LogP contribution in [0.3, 0.4) is 0 Å². The van der Waals surface area contributed by atoms with Gasteiger partial charge in [0.1, 0.15) is 0 Å². The number of aliphatic carboxylic acids is 1. The molecule has 96 valence electrons. The molecule has 0 atom stereocenters. The molecule has 18 heavy (non-hydrogen) atoms. The highest BCUT2D eigenvalue weighted by Crippen LogP contribution is 2.19. The lowest BCUT2D eigenvalue weighted by atomic mass is 10.3. The van der Waals surface area contributed by atoms with Crippen molar-refractivity contribution in [2.75, 3.05) is 0 Å². The molecule has 1 rings (SSSR count). The first kappa shape index (κ1) is 13.8. The van der Waals surface area contributed by atoms with Crippen LogP contribution in [0.4, 0.5) is 5.69 Å². The van der Waals surface area contributed by atoms with Gasteiger partial charge < -0.3 is 5.11 Å². The van der Waals surface area contributed by atoms with Crippen LogP contribution in [0.25, 0.3) is 0 Å². The van der Waals surface area contributed by atoms with Gasteiger partial charge in [-0.2, -0.15) is 0 Å². The maximum Gasteiger partial charge on any atom is 0.331 e. The SMILES string of the molecule is CC(=CS(=O)(=O)c1cccc([N+](=O)[O-])c1)C(=O)O. The van der Waals surface area contributed by atoms with Gasteiger partial charge in [0.25, 0.3) is 5.69 Å². The predicted molar refractivity (Wildman–Crippen MR) is 61.7 cm³/mol. The molecule has 0 spiro atoms. The average molecular weight is 271 g/mol. The second-order valence-electron chi connectivity index (χ2n) is 3.41. The van der Waals surface area contributed by atoms with Crippen LogP contribution in [0.5, 0.6) is 0 Å². The normalized spacial score (nSPS) is 12.2. The topological polar surface area (TPSA) is 115 Å². The zero-order valence-corrected chi connectivity index (χ0v) is 10.0. The summed E-state index contributed by atoms with van der Waals surface area (Å²) in [6.07, 6.45) is 0. The predicted octanol–water partition coefficient (Wildman–Crippen LogP) is 1.36. The summed E-state index contributed by atoms with van der Waals surface area (Å²) in [5, 5.41) is 19.7. The van der Waals surface area contributed by atoms with E-state index in [9.17, 15) is 23.3 Å². The lowest BCUT2D eigenvalue weighted by Crippen LogP contribution is -2.03. The van der Waals surface area contributed by atoms with E-state index in [4.69, 9.17) is 5.11 Å². The minimum absolute atomic E-state index is 0.322. The van der Waals surface area contributed by atoms with Crippen LogP contribution in [0.15, 0.2) is 40.1 Å². The van der Waals surface area contributed by atoms with Gasteiger partial charge >= 0.3 is 5.97 Å². The van der Waals surface area contributed by atoms with E-state index in [1.54, 1.807) is 0 Å². The van der Waals surface area contributed by atoms with Crippen molar-refractivity contribution in [3.05, 3.63) is 45.4 Å². The van der Waals surface area contributed by atoms with Gasteiger partial charge in [0.2, 0.25) is 9.84 Å². The van der Waals surface area contributed by atoms with Crippen LogP contribution >= 0.6 is 0 Å². The van der Waals surface area contributed by atoms with E-state index < -0.39 is 20.7 Å². The van der Waals surface area contributed by atoms with Gasteiger partial charge in [-0.3, -0.25) is 10.1 Å². The first-order chi connectivity index (χ1) is 8.24. The Kier molecular flexibility index (Phi) is 3.82. The maximum absolute atomic E-state index is 11.8. The third-order valence-electron chi connectivity index (χ3n) is 2.03. The minimum atomic E-state index is -4.01. The monoisotopic (exact) mass is 271 g/mol. The quantitative estimate of drug-likeness (QED) is 0.502. The molecule has 0 aliphatic rings. The van der Waals surface area contributed by atoms with E-state index in [1.807, 2.05) is 0 Å². The summed E-state index contributed by atoms with van der Waals surface area (Å²) >= 11 is 0. The molecule has 0 heterocycles. The number of benzene rings is 1. The average Bonchev–Trinajstić information content (AvgIpc) is 2.28. The van der Waals surface area contributed by atoms with Crippen LogP contribution in [0.1, 0.15) is 6.92 Å². The van der Waals surface area contributed by atoms with Crippen molar-refractivity contribution in [2.45, 2.75) is 11.8 Å². The molecule has 0 fully saturated rings. The largest absolute Gasteiger partial charge is 0.478 e. The highest BCUT2D eigenvalue weighted by Gasteiger charge is 2.17. The van der Waals surface area contributed by atoms with Crippen LogP contribution < -0.4 is 0 Å². The Bertz CT molecular complexity index is 632. The maximum atomic E-state index is 11.8. The fraction of sp³-hybridized carbons (Fsp3) is 0.100. The number of non-ortho nitro benzene ring substituents is 1. The number of carbonyl (C=O) groups is 1. The van der Waals surface area contributed by atoms with Gasteiger partial charge in [-0.05, 0) is 13.0 Å². The molecule has 7 nitrogen and oxygen atoms in total. The standard InChI is InChI=1S/C10H9NO6S/c1-7(10(12)13)6-18(16,17)9-4-2-3-8(5-9)11(14)15/h2-6H,1H3,(H,12,13). The molecule has 0 saturated carbocycles. The zero-order valence-electron chi connectivity index (χ0n) is 9.23. The number of carboxylic acid groups (broad SMARTS) is 1. The summed E-state index contributed by atoms with van der Waals surface area (Å²) in [4.78, 5) is 20.0. The van der Waals surface area contributed by atoms with E-state index in [-0.39, 0.29) is 16.2 Å². The molecule has 0 saturated heterocycles. The number of sulfone groups is 1. The second kappa shape index (κ2) is 4.96. The minimum Gasteiger partial charge on any atom is -0.478 e. The molecule has 1 aromatic rings. The number of nitrogens with zero attached hydrogens (tertiary/aromatic N) is 1. The molecule has 0 bridgehead atoms. The first-order valence-electron chi connectivity index (χ1n) is 4.65. The number of nitro groups is 1. The van der Waals surface area contributed by atoms with Crippen molar-refractivity contribution in [2.24, 2.45) is 0 Å². The molecule has 8 heteroatoms. The molecule has 0 amide bonds. The number of nitro benzene ring substituents is 1. The van der Waals surface area contributed by atoms with Gasteiger partial charge in [0.05, 0.1) is 9.82 Å². The Labute approximate surface area is 102 Å². The fourth-order valence-corrected chi connectivity index (χ4v) is 2.38. The van der Waals surface area contributed by atoms with E-state index in [1.165, 1.54) is 6.07 Å². The summed E-state index contributed by atoms with van der Waals surface area (Å²) in [6.45, 7) is 1.12. The summed E-state index contributed by atoms with van der Waals surface area (Å²) in [5.41, 5.74) is -0.751. The fourth-order valence-electron chi connectivity index (χ4n) is 1.13. The smallest absolute Gasteiger partial charge is 0.331 e. The van der Waals surface area contributed by atoms with Crippen molar-refractivity contribution in [1.29, 1.82) is 0 Å². The number of carboxylic acids is 1. The van der Waals surface area contributed by atoms with E-state index >= 15 is 0 Å². The Balaban J connectivity index is 3.30. The number of rotatable bonds is 4. The van der Waals surface area contributed by atoms with Crippen LogP contribution in [0.2, 0.25) is 0 Å². The van der Waals surface area contributed by atoms with Crippen LogP contribution in [-0.4, -0.2) is 24.4 Å². The van der Waals surface area contributed by atoms with Crippen molar-refractivity contribution in [3.8, 4) is 0 Å². The van der Waals surface area contributed by atoms with Crippen molar-refractivity contribution in [1.82, 2.24) is 0 Å². The number of hydrogen-bond acceptors (Lipinski definition) is 5. The first-order valence-corrected chi connectivity index (χ1v) is 6.20. The summed E-state index contributed by atoms with van der Waals surface area (Å²) in [6, 6.07) is 4.40. The van der Waals surface area contributed by atoms with E-state index in [0.29, 0.717) is 5.41 Å². The zero-order chi connectivity index (χ0) is 13.9. The highest BCUT2D eigenvalue weighted by molar-refractivity contribution is 7.94. The Morgan fingerprint density at radius 2 is 2.06 bits per heavy atom. The molecule has 1 aromatic carbocycles. The van der Waals surface area contributed by atoms with Gasteiger partial charge in [-0.1, -0.05) is 6.07 Å². The van der Waals surface area contributed by atoms with Gasteiger partial charge in [-0.15, -0.1) is 0 Å². The van der Waals surface area contributed by atoms with Crippen molar-refractivity contribution in [3.63, 3.8) is 0 Å². The molecule has 0 aromatic heterocycles. The van der Waals surface area contributed by atoms with Crippen molar-refractivity contribution < 1.29 is 23.2 Å². The van der Waals surface area contributed by atoms with Crippen molar-refractivity contribution >= 4 is 21.5 Å². The van der Waals surface area contributed by atoms with Crippen LogP contribution in [0, 0.1) is 10.1 Å². The Hall–Kier alpha value is -2.22. The van der Waals surface area contributed by atoms with Gasteiger partial charge in [0, 0.05) is 23.1 Å². The Morgan fingerprint density at radius 1 is 1.44 bits per heavy atom. The van der Waals surface area contributed by atoms with Crippen LogP contribution in [-0.2, 0) is 14.6 Å². The summed E-state index contributed by atoms with van der Waals surface area (Å²) in [7, 11) is -4.01. The molecular formula is C10H9NO6S. The molecule has 0 aliphatic heterocycles. The molecule has 0 aliphatic carbocycles.